The Balaban J connectivity index is 0.000000213. The average Bonchev–Trinajstić information content (AvgIpc) is 3.44. The highest BCUT2D eigenvalue weighted by Gasteiger charge is 2.29. The van der Waals surface area contributed by atoms with Crippen LogP contribution in [0.3, 0.4) is 0 Å². The lowest BCUT2D eigenvalue weighted by molar-refractivity contribution is -0.144. The number of carbonyl (C=O) groups is 2. The van der Waals surface area contributed by atoms with Crippen molar-refractivity contribution in [1.29, 1.82) is 0 Å². The first kappa shape index (κ1) is 63.9. The normalized spacial score (nSPS) is 11.6. The van der Waals surface area contributed by atoms with E-state index >= 15 is 0 Å². The maximum Gasteiger partial charge on any atom is 0.316 e. The number of hydrogen-bond acceptors (Lipinski definition) is 9. The quantitative estimate of drug-likeness (QED) is 0.0594. The van der Waals surface area contributed by atoms with E-state index in [1.165, 1.54) is 40.3 Å². The van der Waals surface area contributed by atoms with Crippen LogP contribution in [-0.4, -0.2) is 37.5 Å². The van der Waals surface area contributed by atoms with Crippen LogP contribution in [0.15, 0.2) is 152 Å². The highest BCUT2D eigenvalue weighted by Crippen LogP contribution is 2.37. The molecule has 8 aromatic rings. The smallest absolute Gasteiger partial charge is 0.316 e. The lowest BCUT2D eigenvalue weighted by Gasteiger charge is -2.25. The van der Waals surface area contributed by atoms with Gasteiger partial charge in [0.05, 0.1) is 10.8 Å². The number of esters is 2. The lowest BCUT2D eigenvalue weighted by Crippen LogP contribution is -2.28. The Bertz CT molecular complexity index is 3300. The Morgan fingerprint density at radius 1 is 0.392 bits per heavy atom. The molecule has 0 saturated heterocycles. The summed E-state index contributed by atoms with van der Waals surface area (Å²) in [6.45, 7) is 31.1. The molecular formula is C69H85FO9. The van der Waals surface area contributed by atoms with Crippen LogP contribution in [0, 0.1) is 16.6 Å². The first-order valence-corrected chi connectivity index (χ1v) is 27.3. The standard InChI is InChI=1S/3C15H18O.C12H15FO3.C12H16O3/c1-4-15(2,3)13-9-5-8-12-11(13)7-6-10-14(12)16;1-4-15(2,3)13-7-5-12-10-14(16)8-6-11(12)9-13;1-4-15(2,3)12-8-9-13-11(10-12)6-5-7-14(13)16;1-4-12(2,3)11(15)16-8-5-6-10(14)9(13)7-8;1-4-12(2,3)11(14)15-10-7-5-9(13)6-8-10/h3*5-10,16H,4H2,1-3H3;5-7,14H,4H2,1-3H3;5-8,13H,4H2,1-3H3. The second kappa shape index (κ2) is 27.3. The van der Waals surface area contributed by atoms with Crippen molar-refractivity contribution in [3.05, 3.63) is 174 Å². The molecule has 8 rings (SSSR count). The van der Waals surface area contributed by atoms with Crippen molar-refractivity contribution in [2.45, 2.75) is 152 Å². The van der Waals surface area contributed by atoms with Crippen molar-refractivity contribution >= 4 is 44.3 Å². The molecule has 422 valence electrons. The van der Waals surface area contributed by atoms with Gasteiger partial charge in [0.25, 0.3) is 0 Å². The van der Waals surface area contributed by atoms with Crippen LogP contribution in [0.25, 0.3) is 32.3 Å². The number of rotatable bonds is 12. The van der Waals surface area contributed by atoms with Gasteiger partial charge in [-0.3, -0.25) is 9.59 Å². The first-order valence-electron chi connectivity index (χ1n) is 27.3. The predicted octanol–water partition coefficient (Wildman–Crippen LogP) is 18.3. The second-order valence-electron chi connectivity index (χ2n) is 23.2. The Morgan fingerprint density at radius 3 is 1.38 bits per heavy atom. The summed E-state index contributed by atoms with van der Waals surface area (Å²) in [4.78, 5) is 23.3. The fraction of sp³-hybridized carbons (Fsp3) is 0.362. The topological polar surface area (TPSA) is 154 Å². The van der Waals surface area contributed by atoms with E-state index in [9.17, 15) is 29.3 Å². The number of phenols is 5. The summed E-state index contributed by atoms with van der Waals surface area (Å²) in [6.07, 6.45) is 4.67. The van der Waals surface area contributed by atoms with E-state index in [0.717, 1.165) is 64.7 Å². The van der Waals surface area contributed by atoms with Crippen molar-refractivity contribution in [1.82, 2.24) is 0 Å². The van der Waals surface area contributed by atoms with Gasteiger partial charge >= 0.3 is 11.9 Å². The number of phenolic OH excluding ortho intramolecular Hbond substituents is 5. The maximum absolute atomic E-state index is 13.0. The number of ether oxygens (including phenoxy) is 2. The minimum atomic E-state index is -0.806. The van der Waals surface area contributed by atoms with Gasteiger partial charge in [-0.1, -0.05) is 161 Å². The SMILES string of the molecule is CCC(C)(C)C(=O)Oc1ccc(O)c(F)c1.CCC(C)(C)C(=O)Oc1ccc(O)cc1.CCC(C)(C)c1ccc2c(O)cccc2c1.CCC(C)(C)c1ccc2cc(O)ccc2c1.CCC(C)(C)c1cccc2c(O)cccc12. The fourth-order valence-electron chi connectivity index (χ4n) is 7.67. The maximum atomic E-state index is 13.0. The molecule has 0 aliphatic rings. The van der Waals surface area contributed by atoms with Gasteiger partial charge in [-0.05, 0) is 175 Å². The van der Waals surface area contributed by atoms with Crippen molar-refractivity contribution in [2.24, 2.45) is 10.8 Å². The molecular weight excluding hydrogens is 992 g/mol. The third kappa shape index (κ3) is 17.5. The van der Waals surface area contributed by atoms with Gasteiger partial charge in [-0.25, -0.2) is 4.39 Å². The molecule has 0 atom stereocenters. The summed E-state index contributed by atoms with van der Waals surface area (Å²) in [6, 6.07) is 45.4. The number of fused-ring (bicyclic) bond motifs is 3. The second-order valence-corrected chi connectivity index (χ2v) is 23.2. The minimum absolute atomic E-state index is 0.0989. The van der Waals surface area contributed by atoms with E-state index < -0.39 is 28.4 Å². The molecule has 0 aliphatic carbocycles. The highest BCUT2D eigenvalue weighted by atomic mass is 19.1. The van der Waals surface area contributed by atoms with Gasteiger partial charge in [0, 0.05) is 16.8 Å². The van der Waals surface area contributed by atoms with Crippen molar-refractivity contribution in [3.8, 4) is 40.2 Å². The first-order chi connectivity index (χ1) is 36.9. The molecule has 0 spiro atoms. The number of hydrogen-bond donors (Lipinski definition) is 5. The molecule has 0 amide bonds. The lowest BCUT2D eigenvalue weighted by atomic mass is 9.80. The summed E-state index contributed by atoms with van der Waals surface area (Å²) in [5, 5.41) is 53.4. The zero-order valence-corrected chi connectivity index (χ0v) is 49.2. The van der Waals surface area contributed by atoms with Crippen LogP contribution in [0.5, 0.6) is 40.2 Å². The number of benzene rings is 8. The van der Waals surface area contributed by atoms with Gasteiger partial charge < -0.3 is 35.0 Å². The molecule has 0 radical (unpaired) electrons. The number of aromatic hydroxyl groups is 5. The monoisotopic (exact) mass is 1080 g/mol. The van der Waals surface area contributed by atoms with Gasteiger partial charge in [0.1, 0.15) is 34.5 Å². The van der Waals surface area contributed by atoms with Crippen molar-refractivity contribution in [2.75, 3.05) is 0 Å². The number of carbonyl (C=O) groups excluding carboxylic acids is 2. The van der Waals surface area contributed by atoms with E-state index in [2.05, 4.69) is 105 Å². The summed E-state index contributed by atoms with van der Waals surface area (Å²) in [7, 11) is 0. The van der Waals surface area contributed by atoms with E-state index in [-0.39, 0.29) is 33.7 Å². The minimum Gasteiger partial charge on any atom is -0.508 e. The van der Waals surface area contributed by atoms with Gasteiger partial charge in [0.2, 0.25) is 0 Å². The summed E-state index contributed by atoms with van der Waals surface area (Å²) < 4.78 is 23.2. The molecule has 8 aromatic carbocycles. The Labute approximate surface area is 468 Å². The molecule has 5 N–H and O–H groups in total. The van der Waals surface area contributed by atoms with Crippen molar-refractivity contribution < 1.29 is 49.0 Å². The van der Waals surface area contributed by atoms with Crippen LogP contribution < -0.4 is 9.47 Å². The Kier molecular flexibility index (Phi) is 22.1. The van der Waals surface area contributed by atoms with Crippen LogP contribution in [0.2, 0.25) is 0 Å². The van der Waals surface area contributed by atoms with E-state index in [1.807, 2.05) is 70.2 Å². The van der Waals surface area contributed by atoms with E-state index in [0.29, 0.717) is 29.4 Å². The molecule has 0 fully saturated rings. The zero-order chi connectivity index (χ0) is 59.1. The van der Waals surface area contributed by atoms with Gasteiger partial charge in [0.15, 0.2) is 11.6 Å². The fourth-order valence-corrected chi connectivity index (χ4v) is 7.67. The van der Waals surface area contributed by atoms with Crippen LogP contribution in [-0.2, 0) is 25.8 Å². The summed E-state index contributed by atoms with van der Waals surface area (Å²) >= 11 is 0. The largest absolute Gasteiger partial charge is 0.508 e. The molecule has 10 heteroatoms. The molecule has 0 bridgehead atoms. The molecule has 9 nitrogen and oxygen atoms in total. The van der Waals surface area contributed by atoms with Crippen molar-refractivity contribution in [3.63, 3.8) is 0 Å². The third-order valence-corrected chi connectivity index (χ3v) is 15.6. The molecule has 0 aromatic heterocycles. The zero-order valence-electron chi connectivity index (χ0n) is 49.2. The molecule has 79 heavy (non-hydrogen) atoms. The summed E-state index contributed by atoms with van der Waals surface area (Å²) in [5.41, 5.74) is 3.47. The number of halogens is 1. The van der Waals surface area contributed by atoms with E-state index in [1.54, 1.807) is 50.2 Å². The van der Waals surface area contributed by atoms with Crippen LogP contribution in [0.1, 0.15) is 153 Å². The molecule has 0 aliphatic heterocycles. The van der Waals surface area contributed by atoms with Crippen LogP contribution in [0.4, 0.5) is 4.39 Å². The molecule has 0 unspecified atom stereocenters. The third-order valence-electron chi connectivity index (χ3n) is 15.6. The average molecular weight is 1080 g/mol. The Morgan fingerprint density at radius 2 is 0.835 bits per heavy atom. The predicted molar refractivity (Wildman–Crippen MR) is 322 cm³/mol. The molecule has 0 heterocycles. The van der Waals surface area contributed by atoms with Crippen LogP contribution >= 0.6 is 0 Å². The van der Waals surface area contributed by atoms with E-state index in [4.69, 9.17) is 19.7 Å². The Hall–Kier alpha value is -7.59. The highest BCUT2D eigenvalue weighted by molar-refractivity contribution is 5.91. The van der Waals surface area contributed by atoms with Gasteiger partial charge in [-0.2, -0.15) is 0 Å². The summed E-state index contributed by atoms with van der Waals surface area (Å²) in [5.74, 6) is -0.171. The van der Waals surface area contributed by atoms with Gasteiger partial charge in [-0.15, -0.1) is 0 Å². The molecule has 0 saturated carbocycles.